The average molecular weight is 354 g/mol. The second kappa shape index (κ2) is 6.33. The third-order valence-electron chi connectivity index (χ3n) is 4.35. The third kappa shape index (κ3) is 3.28. The lowest BCUT2D eigenvalue weighted by Crippen LogP contribution is -2.16. The number of aryl methyl sites for hydroxylation is 2. The highest BCUT2D eigenvalue weighted by Crippen LogP contribution is 2.25. The maximum absolute atomic E-state index is 12.9. The summed E-state index contributed by atoms with van der Waals surface area (Å²) < 4.78 is 30.3. The molecule has 0 spiro atoms. The molecular weight excluding hydrogens is 336 g/mol. The molecule has 0 fully saturated rings. The third-order valence-corrected chi connectivity index (χ3v) is 5.83. The molecule has 25 heavy (non-hydrogen) atoms. The normalized spacial score (nSPS) is 13.6. The molecule has 0 unspecified atom stereocenters. The standard InChI is InChI=1S/C18H18N4O2S/c23-25(24,21-16-10-14-5-3-6-17(14)20-11-16)18-7-2-1-4-15(18)12-22-9-8-19-13-22/h1-2,4,7-11,13,21H,3,5-6,12H2. The predicted molar refractivity (Wildman–Crippen MR) is 94.8 cm³/mol. The van der Waals surface area contributed by atoms with Crippen LogP contribution in [0, 0.1) is 0 Å². The van der Waals surface area contributed by atoms with Crippen molar-refractivity contribution in [2.45, 2.75) is 30.7 Å². The van der Waals surface area contributed by atoms with Gasteiger partial charge in [0.15, 0.2) is 0 Å². The van der Waals surface area contributed by atoms with Gasteiger partial charge in [0.05, 0.1) is 23.1 Å². The van der Waals surface area contributed by atoms with E-state index in [0.29, 0.717) is 17.8 Å². The van der Waals surface area contributed by atoms with E-state index in [0.717, 1.165) is 30.5 Å². The summed E-state index contributed by atoms with van der Waals surface area (Å²) in [6, 6.07) is 8.89. The summed E-state index contributed by atoms with van der Waals surface area (Å²) in [5.74, 6) is 0. The minimum absolute atomic E-state index is 0.268. The van der Waals surface area contributed by atoms with Crippen molar-refractivity contribution < 1.29 is 8.42 Å². The van der Waals surface area contributed by atoms with Crippen molar-refractivity contribution in [1.82, 2.24) is 14.5 Å². The summed E-state index contributed by atoms with van der Waals surface area (Å²) in [5.41, 5.74) is 3.43. The first kappa shape index (κ1) is 15.8. The van der Waals surface area contributed by atoms with Crippen LogP contribution in [-0.2, 0) is 29.4 Å². The molecule has 1 N–H and O–H groups in total. The molecule has 2 heterocycles. The molecule has 0 amide bonds. The highest BCUT2D eigenvalue weighted by Gasteiger charge is 2.20. The van der Waals surface area contributed by atoms with Gasteiger partial charge in [-0.1, -0.05) is 18.2 Å². The van der Waals surface area contributed by atoms with Crippen molar-refractivity contribution in [3.63, 3.8) is 0 Å². The summed E-state index contributed by atoms with van der Waals surface area (Å²) >= 11 is 0. The minimum atomic E-state index is -3.69. The summed E-state index contributed by atoms with van der Waals surface area (Å²) in [6.45, 7) is 0.444. The van der Waals surface area contributed by atoms with E-state index in [1.165, 1.54) is 0 Å². The number of rotatable bonds is 5. The second-order valence-corrected chi connectivity index (χ2v) is 7.78. The molecule has 128 valence electrons. The SMILES string of the molecule is O=S(=O)(Nc1cnc2c(c1)CCC2)c1ccccc1Cn1ccnc1. The van der Waals surface area contributed by atoms with Crippen LogP contribution in [0.1, 0.15) is 23.2 Å². The summed E-state index contributed by atoms with van der Waals surface area (Å²) in [5, 5.41) is 0. The number of hydrogen-bond acceptors (Lipinski definition) is 4. The molecule has 0 saturated heterocycles. The highest BCUT2D eigenvalue weighted by atomic mass is 32.2. The molecule has 2 aromatic heterocycles. The number of pyridine rings is 1. The predicted octanol–water partition coefficient (Wildman–Crippen LogP) is 2.62. The molecule has 1 aromatic carbocycles. The zero-order valence-electron chi connectivity index (χ0n) is 13.6. The van der Waals surface area contributed by atoms with E-state index >= 15 is 0 Å². The lowest BCUT2D eigenvalue weighted by atomic mass is 10.2. The molecule has 0 aliphatic heterocycles. The highest BCUT2D eigenvalue weighted by molar-refractivity contribution is 7.92. The van der Waals surface area contributed by atoms with Gasteiger partial charge in [-0.25, -0.2) is 13.4 Å². The van der Waals surface area contributed by atoms with Crippen molar-refractivity contribution in [2.75, 3.05) is 4.72 Å². The smallest absolute Gasteiger partial charge is 0.262 e. The number of hydrogen-bond donors (Lipinski definition) is 1. The van der Waals surface area contributed by atoms with Gasteiger partial charge in [0.1, 0.15) is 0 Å². The molecule has 7 heteroatoms. The van der Waals surface area contributed by atoms with Gasteiger partial charge in [-0.15, -0.1) is 0 Å². The van der Waals surface area contributed by atoms with E-state index in [4.69, 9.17) is 0 Å². The Labute approximate surface area is 146 Å². The monoisotopic (exact) mass is 354 g/mol. The Bertz CT molecular complexity index is 998. The first-order valence-corrected chi connectivity index (χ1v) is 9.64. The first-order valence-electron chi connectivity index (χ1n) is 8.16. The molecule has 6 nitrogen and oxygen atoms in total. The molecule has 0 bridgehead atoms. The van der Waals surface area contributed by atoms with Gasteiger partial charge in [0, 0.05) is 24.6 Å². The lowest BCUT2D eigenvalue weighted by molar-refractivity contribution is 0.599. The van der Waals surface area contributed by atoms with Crippen molar-refractivity contribution in [3.8, 4) is 0 Å². The van der Waals surface area contributed by atoms with E-state index in [2.05, 4.69) is 14.7 Å². The van der Waals surface area contributed by atoms with Gasteiger partial charge >= 0.3 is 0 Å². The van der Waals surface area contributed by atoms with Crippen molar-refractivity contribution in [2.24, 2.45) is 0 Å². The lowest BCUT2D eigenvalue weighted by Gasteiger charge is -2.13. The van der Waals surface area contributed by atoms with Crippen LogP contribution >= 0.6 is 0 Å². The van der Waals surface area contributed by atoms with Crippen LogP contribution in [-0.4, -0.2) is 23.0 Å². The fourth-order valence-corrected chi connectivity index (χ4v) is 4.43. The summed E-state index contributed by atoms with van der Waals surface area (Å²) in [4.78, 5) is 8.65. The first-order chi connectivity index (χ1) is 12.1. The van der Waals surface area contributed by atoms with Gasteiger partial charge in [-0.3, -0.25) is 9.71 Å². The van der Waals surface area contributed by atoms with Crippen LogP contribution in [0.4, 0.5) is 5.69 Å². The molecule has 1 aliphatic rings. The largest absolute Gasteiger partial charge is 0.333 e. The number of fused-ring (bicyclic) bond motifs is 1. The summed E-state index contributed by atoms with van der Waals surface area (Å²) in [7, 11) is -3.69. The molecule has 4 rings (SSSR count). The number of nitrogens with zero attached hydrogens (tertiary/aromatic N) is 3. The quantitative estimate of drug-likeness (QED) is 0.764. The van der Waals surface area contributed by atoms with Gasteiger partial charge < -0.3 is 4.57 Å². The Morgan fingerprint density at radius 1 is 1.20 bits per heavy atom. The molecule has 3 aromatic rings. The number of benzene rings is 1. The maximum Gasteiger partial charge on any atom is 0.262 e. The van der Waals surface area contributed by atoms with Crippen LogP contribution in [0.3, 0.4) is 0 Å². The van der Waals surface area contributed by atoms with Crippen LogP contribution in [0.2, 0.25) is 0 Å². The van der Waals surface area contributed by atoms with Gasteiger partial charge in [-0.2, -0.15) is 0 Å². The van der Waals surface area contributed by atoms with Gasteiger partial charge in [0.25, 0.3) is 10.0 Å². The van der Waals surface area contributed by atoms with E-state index < -0.39 is 10.0 Å². The Morgan fingerprint density at radius 3 is 2.92 bits per heavy atom. The number of nitrogens with one attached hydrogen (secondary N) is 1. The maximum atomic E-state index is 12.9. The second-order valence-electron chi connectivity index (χ2n) is 6.13. The fraction of sp³-hybridized carbons (Fsp3) is 0.222. The number of anilines is 1. The molecule has 0 radical (unpaired) electrons. The number of sulfonamides is 1. The molecule has 0 saturated carbocycles. The van der Waals surface area contributed by atoms with E-state index in [1.54, 1.807) is 37.1 Å². The van der Waals surface area contributed by atoms with Gasteiger partial charge in [0.2, 0.25) is 0 Å². The fourth-order valence-electron chi connectivity index (χ4n) is 3.17. The topological polar surface area (TPSA) is 76.9 Å². The van der Waals surface area contributed by atoms with E-state index in [1.807, 2.05) is 22.8 Å². The van der Waals surface area contributed by atoms with E-state index in [9.17, 15) is 8.42 Å². The van der Waals surface area contributed by atoms with Crippen LogP contribution in [0.15, 0.2) is 60.1 Å². The Kier molecular flexibility index (Phi) is 4.01. The molecular formula is C18H18N4O2S. The minimum Gasteiger partial charge on any atom is -0.333 e. The van der Waals surface area contributed by atoms with Crippen molar-refractivity contribution in [3.05, 3.63) is 72.1 Å². The van der Waals surface area contributed by atoms with Gasteiger partial charge in [-0.05, 0) is 42.5 Å². The Morgan fingerprint density at radius 2 is 2.08 bits per heavy atom. The van der Waals surface area contributed by atoms with Crippen molar-refractivity contribution in [1.29, 1.82) is 0 Å². The van der Waals surface area contributed by atoms with Crippen LogP contribution in [0.5, 0.6) is 0 Å². The van der Waals surface area contributed by atoms with Crippen LogP contribution < -0.4 is 4.72 Å². The Balaban J connectivity index is 1.64. The molecule has 1 aliphatic carbocycles. The zero-order valence-corrected chi connectivity index (χ0v) is 14.4. The summed E-state index contributed by atoms with van der Waals surface area (Å²) in [6.07, 6.45) is 9.74. The van der Waals surface area contributed by atoms with Crippen LogP contribution in [0.25, 0.3) is 0 Å². The zero-order chi connectivity index (χ0) is 17.3. The molecule has 0 atom stereocenters. The van der Waals surface area contributed by atoms with Crippen molar-refractivity contribution >= 4 is 15.7 Å². The average Bonchev–Trinajstić information content (AvgIpc) is 3.26. The Hall–Kier alpha value is -2.67. The van der Waals surface area contributed by atoms with E-state index in [-0.39, 0.29) is 4.90 Å². The number of imidazole rings is 1. The number of aromatic nitrogens is 3.